The van der Waals surface area contributed by atoms with Crippen LogP contribution in [-0.4, -0.2) is 77.9 Å². The number of carbonyl (C=O) groups is 1. The Kier molecular flexibility index (Phi) is 59.8. The Bertz CT molecular complexity index is 1070. The molecule has 0 aromatic heterocycles. The molecule has 0 bridgehead atoms. The number of nitrogens with one attached hydrogen (secondary N) is 1. The van der Waals surface area contributed by atoms with Gasteiger partial charge in [-0.15, -0.1) is 12.3 Å². The van der Waals surface area contributed by atoms with Gasteiger partial charge in [-0.25, -0.2) is 0 Å². The summed E-state index contributed by atoms with van der Waals surface area (Å²) in [5.41, 5.74) is 0.324. The van der Waals surface area contributed by atoms with Crippen LogP contribution in [0.2, 0.25) is 0 Å². The third kappa shape index (κ3) is 44.2. The molecule has 1 aromatic carbocycles. The molecule has 0 saturated heterocycles. The van der Waals surface area contributed by atoms with Crippen molar-refractivity contribution in [3.8, 4) is 12.3 Å². The minimum absolute atomic E-state index is 0.359. The van der Waals surface area contributed by atoms with E-state index in [2.05, 4.69) is 50.3 Å². The molecule has 0 saturated carbocycles. The van der Waals surface area contributed by atoms with Crippen molar-refractivity contribution in [3.05, 3.63) is 20.4 Å². The molecule has 0 radical (unpaired) electrons. The Balaban J connectivity index is -0.000000757. The smallest absolute Gasteiger partial charge is 0.253 e. The number of rotatable bonds is 40. The van der Waals surface area contributed by atoms with Crippen LogP contribution in [0, 0.1) is 18.3 Å². The predicted molar refractivity (Wildman–Crippen MR) is 272 cm³/mol. The molecule has 0 fully saturated rings. The molecular formula is C53H105N3O5. The fourth-order valence-corrected chi connectivity index (χ4v) is 7.77. The van der Waals surface area contributed by atoms with Crippen LogP contribution in [0.1, 0.15) is 234 Å². The first-order chi connectivity index (χ1) is 29.8. The molecule has 61 heavy (non-hydrogen) atoms. The lowest BCUT2D eigenvalue weighted by atomic mass is 9.89. The van der Waals surface area contributed by atoms with Gasteiger partial charge in [0.2, 0.25) is 0 Å². The lowest BCUT2D eigenvalue weighted by Gasteiger charge is -2.23. The molecule has 8 nitrogen and oxygen atoms in total. The van der Waals surface area contributed by atoms with Crippen LogP contribution in [0.4, 0.5) is 11.4 Å². The molecule has 2 N–H and O–H groups in total. The quantitative estimate of drug-likeness (QED) is 0.0382. The Morgan fingerprint density at radius 2 is 0.902 bits per heavy atom. The molecule has 8 heteroatoms. The molecule has 0 heterocycles. The van der Waals surface area contributed by atoms with E-state index in [1.165, 1.54) is 206 Å². The molecule has 1 rings (SSSR count). The van der Waals surface area contributed by atoms with E-state index in [1.54, 1.807) is 18.9 Å². The lowest BCUT2D eigenvalue weighted by Crippen LogP contribution is -2.40. The van der Waals surface area contributed by atoms with Crippen molar-refractivity contribution in [1.29, 1.82) is 0 Å². The van der Waals surface area contributed by atoms with E-state index in [9.17, 15) is 9.59 Å². The zero-order chi connectivity index (χ0) is 46.6. The van der Waals surface area contributed by atoms with E-state index in [4.69, 9.17) is 14.6 Å². The Morgan fingerprint density at radius 3 is 1.28 bits per heavy atom. The molecule has 1 aromatic rings. The number of hydrogen-bond acceptors (Lipinski definition) is 8. The maximum atomic E-state index is 12.0. The lowest BCUT2D eigenvalue weighted by molar-refractivity contribution is -0.0980. The summed E-state index contributed by atoms with van der Waals surface area (Å²) in [6.45, 7) is 17.9. The first kappa shape index (κ1) is 65.4. The minimum atomic E-state index is -0.359. The van der Waals surface area contributed by atoms with Crippen molar-refractivity contribution < 1.29 is 14.6 Å². The molecule has 0 amide bonds. The van der Waals surface area contributed by atoms with Gasteiger partial charge in [-0.1, -0.05) is 201 Å². The zero-order valence-electron chi connectivity index (χ0n) is 42.3. The zero-order valence-corrected chi connectivity index (χ0v) is 42.3. The normalized spacial score (nSPS) is 10.9. The van der Waals surface area contributed by atoms with Crippen LogP contribution in [0.5, 0.6) is 0 Å². The van der Waals surface area contributed by atoms with E-state index < -0.39 is 0 Å². The largest absolute Gasteiger partial charge is 0.400 e. The first-order valence-corrected chi connectivity index (χ1v) is 25.4. The number of ether oxygens (including phenoxy) is 1. The average Bonchev–Trinajstić information content (AvgIpc) is 3.27. The van der Waals surface area contributed by atoms with Crippen molar-refractivity contribution in [3.63, 3.8) is 0 Å². The van der Waals surface area contributed by atoms with Crippen LogP contribution in [0.15, 0.2) is 9.59 Å². The summed E-state index contributed by atoms with van der Waals surface area (Å²) in [5, 5.41) is 10.3. The fraction of sp³-hybridized carbons (Fsp3) is 0.868. The number of carbonyl (C=O) groups excluding carboxylic acids is 1. The van der Waals surface area contributed by atoms with Gasteiger partial charge in [-0.3, -0.25) is 9.59 Å². The van der Waals surface area contributed by atoms with Gasteiger partial charge in [0.1, 0.15) is 18.2 Å². The molecule has 1 unspecified atom stereocenters. The number of anilines is 2. The van der Waals surface area contributed by atoms with Gasteiger partial charge in [-0.05, 0) is 58.2 Å². The van der Waals surface area contributed by atoms with Gasteiger partial charge < -0.3 is 29.8 Å². The topological polar surface area (TPSA) is 99.2 Å². The van der Waals surface area contributed by atoms with Gasteiger partial charge in [0.25, 0.3) is 10.9 Å². The fourth-order valence-electron chi connectivity index (χ4n) is 7.77. The number of terminal acetylenes is 1. The summed E-state index contributed by atoms with van der Waals surface area (Å²) in [6, 6.07) is 0. The highest BCUT2D eigenvalue weighted by Crippen LogP contribution is 2.24. The van der Waals surface area contributed by atoms with E-state index in [0.29, 0.717) is 11.4 Å². The average molecular weight is 864 g/mol. The van der Waals surface area contributed by atoms with Crippen LogP contribution in [0.3, 0.4) is 0 Å². The Morgan fingerprint density at radius 1 is 0.574 bits per heavy atom. The molecule has 0 spiro atoms. The third-order valence-electron chi connectivity index (χ3n) is 11.3. The highest BCUT2D eigenvalue weighted by molar-refractivity contribution is 5.74. The van der Waals surface area contributed by atoms with Gasteiger partial charge in [0, 0.05) is 41.5 Å². The summed E-state index contributed by atoms with van der Waals surface area (Å²) in [4.78, 5) is 36.2. The van der Waals surface area contributed by atoms with Crippen LogP contribution >= 0.6 is 0 Å². The predicted octanol–water partition coefficient (Wildman–Crippen LogP) is 13.5. The molecule has 0 aliphatic rings. The van der Waals surface area contributed by atoms with Gasteiger partial charge in [-0.2, -0.15) is 0 Å². The molecular weight excluding hydrogens is 759 g/mol. The number of methoxy groups -OCH3 is 1. The van der Waals surface area contributed by atoms with Crippen molar-refractivity contribution in [2.75, 3.05) is 71.3 Å². The first-order valence-electron chi connectivity index (χ1n) is 25.4. The summed E-state index contributed by atoms with van der Waals surface area (Å²) >= 11 is 0. The van der Waals surface area contributed by atoms with E-state index in [-0.39, 0.29) is 10.9 Å². The standard InChI is InChI=1S/C38H73N3O2.C10H22O.C3H4.CH4O.CH2O/c1-6-9-12-15-19-24-31-41(33-26-30-39-35-36(40(4)5)38(43)37(35)42)32-25-20-16-18-23-29-34(27-21-14-11-8-3)28-22-17-13-10-7-2;1-3-4-5-6-7-8-9-10-11-2;1-3-2;2*1-2/h34,39H,6-33H2,1-5H3;3-10H2,1-2H3;1H,2H3;2H,1H3;1H2. The number of aliphatic hydroxyl groups is 1. The van der Waals surface area contributed by atoms with Crippen LogP contribution in [-0.2, 0) is 9.53 Å². The van der Waals surface area contributed by atoms with E-state index in [1.807, 2.05) is 20.9 Å². The van der Waals surface area contributed by atoms with E-state index >= 15 is 0 Å². The highest BCUT2D eigenvalue weighted by Gasteiger charge is 2.21. The summed E-state index contributed by atoms with van der Waals surface area (Å²) in [6.07, 6.45) is 47.1. The third-order valence-corrected chi connectivity index (χ3v) is 11.3. The second-order valence-corrected chi connectivity index (χ2v) is 17.0. The highest BCUT2D eigenvalue weighted by atomic mass is 16.5. The van der Waals surface area contributed by atoms with Crippen molar-refractivity contribution in [2.24, 2.45) is 5.92 Å². The maximum Gasteiger partial charge on any atom is 0.253 e. The second-order valence-electron chi connectivity index (χ2n) is 17.0. The maximum absolute atomic E-state index is 12.0. The number of hydrogen-bond donors (Lipinski definition) is 2. The molecule has 0 aliphatic carbocycles. The van der Waals surface area contributed by atoms with Crippen molar-refractivity contribution >= 4 is 18.2 Å². The van der Waals surface area contributed by atoms with Crippen LogP contribution < -0.4 is 21.1 Å². The number of unbranched alkanes of at least 4 members (excludes halogenated alkanes) is 22. The van der Waals surface area contributed by atoms with Gasteiger partial charge >= 0.3 is 0 Å². The van der Waals surface area contributed by atoms with Crippen LogP contribution in [0.25, 0.3) is 0 Å². The SMILES string of the molecule is C#CC.C=O.CCCCCCCCCOC.CCCCCCCCN(CCCCCCCC(CCCCCC)CCCCCCC)CCCNc1c(N(C)C)c(=O)c1=O.CO. The molecule has 1 atom stereocenters. The monoisotopic (exact) mass is 864 g/mol. The molecule has 362 valence electrons. The van der Waals surface area contributed by atoms with Gasteiger partial charge in [0.05, 0.1) is 0 Å². The van der Waals surface area contributed by atoms with E-state index in [0.717, 1.165) is 39.1 Å². The van der Waals surface area contributed by atoms with Crippen molar-refractivity contribution in [2.45, 2.75) is 234 Å². The minimum Gasteiger partial charge on any atom is -0.400 e. The summed E-state index contributed by atoms with van der Waals surface area (Å²) in [5.74, 6) is 3.22. The summed E-state index contributed by atoms with van der Waals surface area (Å²) < 4.78 is 4.97. The second kappa shape index (κ2) is 55.8. The Labute approximate surface area is 380 Å². The number of aliphatic hydroxyl groups excluding tert-OH is 1. The number of nitrogens with zero attached hydrogens (tertiary/aromatic N) is 2. The molecule has 0 aliphatic heterocycles. The Hall–Kier alpha value is -2.21. The summed E-state index contributed by atoms with van der Waals surface area (Å²) in [7, 11) is 6.43. The van der Waals surface area contributed by atoms with Crippen molar-refractivity contribution in [1.82, 2.24) is 4.90 Å². The van der Waals surface area contributed by atoms with Gasteiger partial charge in [0.15, 0.2) is 0 Å².